The van der Waals surface area contributed by atoms with E-state index < -0.39 is 0 Å². The maximum absolute atomic E-state index is 11.5. The molecule has 1 amide bonds. The molecule has 0 spiro atoms. The molecule has 0 heterocycles. The molecule has 2 bridgehead atoms. The monoisotopic (exact) mass is 237 g/mol. The number of ether oxygens (including phenoxy) is 1. The van der Waals surface area contributed by atoms with Crippen LogP contribution in [0.15, 0.2) is 12.2 Å². The molecule has 0 aliphatic heterocycles. The van der Waals surface area contributed by atoms with E-state index in [9.17, 15) is 4.79 Å². The van der Waals surface area contributed by atoms with Gasteiger partial charge in [0, 0.05) is 6.04 Å². The van der Waals surface area contributed by atoms with E-state index in [2.05, 4.69) is 24.4 Å². The lowest BCUT2D eigenvalue weighted by Crippen LogP contribution is -2.44. The molecule has 17 heavy (non-hydrogen) atoms. The first kappa shape index (κ1) is 12.5. The zero-order valence-corrected chi connectivity index (χ0v) is 10.8. The van der Waals surface area contributed by atoms with Crippen LogP contribution in [0.25, 0.3) is 0 Å². The third-order valence-corrected chi connectivity index (χ3v) is 4.29. The number of carbonyl (C=O) groups excluding carboxylic acids is 1. The molecule has 2 fully saturated rings. The van der Waals surface area contributed by atoms with Crippen LogP contribution in [0.5, 0.6) is 0 Å². The van der Waals surface area contributed by atoms with Crippen molar-refractivity contribution in [3.05, 3.63) is 12.2 Å². The highest BCUT2D eigenvalue weighted by Gasteiger charge is 2.47. The first-order valence-corrected chi connectivity index (χ1v) is 6.80. The van der Waals surface area contributed by atoms with Crippen LogP contribution in [-0.4, -0.2) is 18.7 Å². The second-order valence-corrected chi connectivity index (χ2v) is 5.19. The molecule has 1 N–H and O–H groups in total. The molecule has 2 saturated carbocycles. The Hall–Kier alpha value is -0.990. The first-order valence-electron chi connectivity index (χ1n) is 6.80. The fourth-order valence-corrected chi connectivity index (χ4v) is 3.58. The van der Waals surface area contributed by atoms with E-state index >= 15 is 0 Å². The SMILES string of the molecule is C/C=C/CC1C2CCC(C2)C1NC(=O)OCC. The van der Waals surface area contributed by atoms with Gasteiger partial charge in [-0.3, -0.25) is 0 Å². The predicted molar refractivity (Wildman–Crippen MR) is 67.7 cm³/mol. The van der Waals surface area contributed by atoms with Crippen LogP contribution in [0, 0.1) is 17.8 Å². The summed E-state index contributed by atoms with van der Waals surface area (Å²) in [6.45, 7) is 4.35. The molecule has 0 radical (unpaired) electrons. The van der Waals surface area contributed by atoms with Gasteiger partial charge in [-0.15, -0.1) is 0 Å². The lowest BCUT2D eigenvalue weighted by molar-refractivity contribution is 0.136. The van der Waals surface area contributed by atoms with Crippen molar-refractivity contribution in [2.45, 2.75) is 45.6 Å². The average molecular weight is 237 g/mol. The van der Waals surface area contributed by atoms with Gasteiger partial charge in [0.05, 0.1) is 6.61 Å². The van der Waals surface area contributed by atoms with E-state index in [4.69, 9.17) is 4.74 Å². The largest absolute Gasteiger partial charge is 0.450 e. The minimum Gasteiger partial charge on any atom is -0.450 e. The van der Waals surface area contributed by atoms with E-state index in [0.29, 0.717) is 24.5 Å². The van der Waals surface area contributed by atoms with Gasteiger partial charge in [0.2, 0.25) is 0 Å². The molecule has 4 atom stereocenters. The van der Waals surface area contributed by atoms with Crippen molar-refractivity contribution in [1.29, 1.82) is 0 Å². The highest BCUT2D eigenvalue weighted by Crippen LogP contribution is 2.49. The summed E-state index contributed by atoms with van der Waals surface area (Å²) in [6.07, 6.45) is 9.09. The van der Waals surface area contributed by atoms with Gasteiger partial charge in [0.15, 0.2) is 0 Å². The highest BCUT2D eigenvalue weighted by atomic mass is 16.5. The first-order chi connectivity index (χ1) is 8.26. The van der Waals surface area contributed by atoms with Gasteiger partial charge in [-0.2, -0.15) is 0 Å². The fourth-order valence-electron chi connectivity index (χ4n) is 3.58. The normalized spacial score (nSPS) is 35.4. The second kappa shape index (κ2) is 5.56. The molecule has 0 aromatic carbocycles. The zero-order valence-electron chi connectivity index (χ0n) is 10.8. The lowest BCUT2D eigenvalue weighted by Gasteiger charge is -2.30. The van der Waals surface area contributed by atoms with Crippen molar-refractivity contribution in [3.8, 4) is 0 Å². The third kappa shape index (κ3) is 2.64. The van der Waals surface area contributed by atoms with E-state index in [1.807, 2.05) is 6.92 Å². The number of hydrogen-bond donors (Lipinski definition) is 1. The Morgan fingerprint density at radius 1 is 1.41 bits per heavy atom. The highest BCUT2D eigenvalue weighted by molar-refractivity contribution is 5.67. The standard InChI is InChI=1S/C14H23NO2/c1-3-5-6-12-10-7-8-11(9-10)13(12)15-14(16)17-4-2/h3,5,10-13H,4,6-9H2,1-2H3,(H,15,16)/b5-3+. The van der Waals surface area contributed by atoms with Gasteiger partial charge in [0.25, 0.3) is 0 Å². The summed E-state index contributed by atoms with van der Waals surface area (Å²) in [5, 5.41) is 3.08. The molecule has 2 aliphatic carbocycles. The summed E-state index contributed by atoms with van der Waals surface area (Å²) in [7, 11) is 0. The Balaban J connectivity index is 1.95. The smallest absolute Gasteiger partial charge is 0.407 e. The van der Waals surface area contributed by atoms with Crippen molar-refractivity contribution in [2.75, 3.05) is 6.61 Å². The summed E-state index contributed by atoms with van der Waals surface area (Å²) in [5.74, 6) is 2.11. The predicted octanol–water partition coefficient (Wildman–Crippen LogP) is 3.11. The van der Waals surface area contributed by atoms with Crippen LogP contribution in [0.4, 0.5) is 4.79 Å². The molecule has 2 rings (SSSR count). The summed E-state index contributed by atoms with van der Waals surface area (Å²) >= 11 is 0. The number of carbonyl (C=O) groups is 1. The quantitative estimate of drug-likeness (QED) is 0.763. The summed E-state index contributed by atoms with van der Waals surface area (Å²) in [4.78, 5) is 11.5. The van der Waals surface area contributed by atoms with Crippen molar-refractivity contribution in [3.63, 3.8) is 0 Å². The van der Waals surface area contributed by atoms with Crippen LogP contribution in [0.2, 0.25) is 0 Å². The Bertz CT molecular complexity index is 301. The van der Waals surface area contributed by atoms with E-state index in [1.54, 1.807) is 0 Å². The number of allylic oxidation sites excluding steroid dienone is 2. The summed E-state index contributed by atoms with van der Waals surface area (Å²) in [5.41, 5.74) is 0. The molecular weight excluding hydrogens is 214 g/mol. The zero-order chi connectivity index (χ0) is 12.3. The number of fused-ring (bicyclic) bond motifs is 2. The molecule has 0 aromatic rings. The van der Waals surface area contributed by atoms with Crippen molar-refractivity contribution in [2.24, 2.45) is 17.8 Å². The Morgan fingerprint density at radius 2 is 2.18 bits per heavy atom. The van der Waals surface area contributed by atoms with E-state index in [1.165, 1.54) is 19.3 Å². The number of rotatable bonds is 4. The van der Waals surface area contributed by atoms with Crippen LogP contribution in [0.3, 0.4) is 0 Å². The molecule has 4 unspecified atom stereocenters. The van der Waals surface area contributed by atoms with E-state index in [-0.39, 0.29) is 6.09 Å². The minimum atomic E-state index is -0.240. The summed E-state index contributed by atoms with van der Waals surface area (Å²) < 4.78 is 5.00. The number of amides is 1. The average Bonchev–Trinajstić information content (AvgIpc) is 2.88. The van der Waals surface area contributed by atoms with E-state index in [0.717, 1.165) is 12.3 Å². The van der Waals surface area contributed by atoms with Crippen LogP contribution in [0.1, 0.15) is 39.5 Å². The van der Waals surface area contributed by atoms with Crippen molar-refractivity contribution < 1.29 is 9.53 Å². The van der Waals surface area contributed by atoms with Gasteiger partial charge < -0.3 is 10.1 Å². The Morgan fingerprint density at radius 3 is 2.88 bits per heavy atom. The van der Waals surface area contributed by atoms with Crippen LogP contribution >= 0.6 is 0 Å². The van der Waals surface area contributed by atoms with Crippen molar-refractivity contribution >= 4 is 6.09 Å². The van der Waals surface area contributed by atoms with Crippen molar-refractivity contribution in [1.82, 2.24) is 5.32 Å². The maximum Gasteiger partial charge on any atom is 0.407 e. The molecule has 3 nitrogen and oxygen atoms in total. The molecule has 2 aliphatic rings. The molecule has 0 saturated heterocycles. The van der Waals surface area contributed by atoms with Crippen LogP contribution in [-0.2, 0) is 4.74 Å². The number of hydrogen-bond acceptors (Lipinski definition) is 2. The minimum absolute atomic E-state index is 0.240. The Kier molecular flexibility index (Phi) is 4.08. The molecule has 3 heteroatoms. The topological polar surface area (TPSA) is 38.3 Å². The fraction of sp³-hybridized carbons (Fsp3) is 0.786. The summed E-state index contributed by atoms with van der Waals surface area (Å²) in [6, 6.07) is 0.337. The lowest BCUT2D eigenvalue weighted by atomic mass is 9.82. The van der Waals surface area contributed by atoms with Gasteiger partial charge in [-0.05, 0) is 57.3 Å². The number of nitrogens with one attached hydrogen (secondary N) is 1. The number of alkyl carbamates (subject to hydrolysis) is 1. The van der Waals surface area contributed by atoms with Gasteiger partial charge >= 0.3 is 6.09 Å². The maximum atomic E-state index is 11.5. The second-order valence-electron chi connectivity index (χ2n) is 5.19. The third-order valence-electron chi connectivity index (χ3n) is 4.29. The Labute approximate surface area is 104 Å². The molecular formula is C14H23NO2. The molecule has 0 aromatic heterocycles. The van der Waals surface area contributed by atoms with Gasteiger partial charge in [-0.25, -0.2) is 4.79 Å². The van der Waals surface area contributed by atoms with Gasteiger partial charge in [-0.1, -0.05) is 12.2 Å². The van der Waals surface area contributed by atoms with Gasteiger partial charge in [0.1, 0.15) is 0 Å². The van der Waals surface area contributed by atoms with Crippen LogP contribution < -0.4 is 5.32 Å². The molecule has 96 valence electrons.